The van der Waals surface area contributed by atoms with Gasteiger partial charge in [0.1, 0.15) is 5.82 Å². The van der Waals surface area contributed by atoms with Crippen molar-refractivity contribution in [3.8, 4) is 11.3 Å². The van der Waals surface area contributed by atoms with Gasteiger partial charge in [0.05, 0.1) is 27.8 Å². The minimum absolute atomic E-state index is 0.000949. The van der Waals surface area contributed by atoms with Crippen LogP contribution in [0.2, 0.25) is 0 Å². The monoisotopic (exact) mass is 345 g/mol. The number of nitrogen functional groups attached to an aromatic ring is 1. The van der Waals surface area contributed by atoms with Crippen LogP contribution >= 0.6 is 0 Å². The SMILES string of the molecule is Nc1ccc2c(c1)nc(-c1ccc(C(F)(F)F)cc1F)c1cccn12. The van der Waals surface area contributed by atoms with Crippen molar-refractivity contribution in [1.82, 2.24) is 9.38 Å². The normalized spacial score (nSPS) is 12.2. The van der Waals surface area contributed by atoms with E-state index in [1.807, 2.05) is 0 Å². The van der Waals surface area contributed by atoms with Crippen molar-refractivity contribution in [2.75, 3.05) is 5.73 Å². The smallest absolute Gasteiger partial charge is 0.399 e. The molecule has 7 heteroatoms. The average molecular weight is 345 g/mol. The van der Waals surface area contributed by atoms with E-state index in [1.54, 1.807) is 40.9 Å². The van der Waals surface area contributed by atoms with E-state index in [-0.39, 0.29) is 11.3 Å². The molecule has 0 fully saturated rings. The van der Waals surface area contributed by atoms with Gasteiger partial charge in [-0.3, -0.25) is 0 Å². The third-order valence-electron chi connectivity index (χ3n) is 4.03. The Morgan fingerprint density at radius 1 is 0.960 bits per heavy atom. The molecule has 0 saturated heterocycles. The van der Waals surface area contributed by atoms with Gasteiger partial charge in [-0.15, -0.1) is 0 Å². The van der Waals surface area contributed by atoms with Gasteiger partial charge in [-0.2, -0.15) is 13.2 Å². The summed E-state index contributed by atoms with van der Waals surface area (Å²) in [5.74, 6) is -0.978. The van der Waals surface area contributed by atoms with Gasteiger partial charge < -0.3 is 10.1 Å². The summed E-state index contributed by atoms with van der Waals surface area (Å²) in [6.07, 6.45) is -2.82. The number of hydrogen-bond acceptors (Lipinski definition) is 2. The van der Waals surface area contributed by atoms with Crippen molar-refractivity contribution in [3.63, 3.8) is 0 Å². The number of fused-ring (bicyclic) bond motifs is 3. The van der Waals surface area contributed by atoms with Crippen LogP contribution in [-0.4, -0.2) is 9.38 Å². The number of anilines is 1. The van der Waals surface area contributed by atoms with Crippen molar-refractivity contribution in [3.05, 3.63) is 66.1 Å². The molecule has 0 aliphatic rings. The highest BCUT2D eigenvalue weighted by molar-refractivity contribution is 5.89. The molecular formula is C18H11F4N3. The fourth-order valence-corrected chi connectivity index (χ4v) is 2.88. The lowest BCUT2D eigenvalue weighted by Gasteiger charge is -2.12. The standard InChI is InChI=1S/C18H11F4N3/c19-13-8-10(18(20,21)22)3-5-12(13)17-16-2-1-7-25(16)15-6-4-11(23)9-14(15)24-17/h1-9H,23H2. The van der Waals surface area contributed by atoms with Crippen molar-refractivity contribution < 1.29 is 17.6 Å². The number of benzene rings is 2. The van der Waals surface area contributed by atoms with Crippen LogP contribution in [0.4, 0.5) is 23.2 Å². The van der Waals surface area contributed by atoms with Crippen molar-refractivity contribution in [2.45, 2.75) is 6.18 Å². The van der Waals surface area contributed by atoms with Crippen LogP contribution in [0.25, 0.3) is 27.8 Å². The third-order valence-corrected chi connectivity index (χ3v) is 4.03. The second kappa shape index (κ2) is 5.20. The van der Waals surface area contributed by atoms with Crippen LogP contribution in [0.5, 0.6) is 0 Å². The maximum absolute atomic E-state index is 14.4. The number of rotatable bonds is 1. The van der Waals surface area contributed by atoms with Crippen LogP contribution in [-0.2, 0) is 6.18 Å². The van der Waals surface area contributed by atoms with E-state index in [4.69, 9.17) is 5.73 Å². The highest BCUT2D eigenvalue weighted by atomic mass is 19.4. The lowest BCUT2D eigenvalue weighted by atomic mass is 10.1. The molecule has 0 saturated carbocycles. The molecule has 0 bridgehead atoms. The molecule has 2 aromatic heterocycles. The van der Waals surface area contributed by atoms with Crippen LogP contribution in [0.15, 0.2) is 54.7 Å². The van der Waals surface area contributed by atoms with E-state index in [0.29, 0.717) is 22.8 Å². The number of nitrogens with two attached hydrogens (primary N) is 1. The van der Waals surface area contributed by atoms with Crippen molar-refractivity contribution >= 4 is 22.2 Å². The van der Waals surface area contributed by atoms with Crippen molar-refractivity contribution in [1.29, 1.82) is 0 Å². The zero-order valence-electron chi connectivity index (χ0n) is 12.7. The van der Waals surface area contributed by atoms with Crippen LogP contribution in [0.3, 0.4) is 0 Å². The van der Waals surface area contributed by atoms with E-state index >= 15 is 0 Å². The summed E-state index contributed by atoms with van der Waals surface area (Å²) < 4.78 is 54.5. The molecule has 0 radical (unpaired) electrons. The maximum atomic E-state index is 14.4. The molecule has 25 heavy (non-hydrogen) atoms. The second-order valence-corrected chi connectivity index (χ2v) is 5.66. The molecule has 4 rings (SSSR count). The van der Waals surface area contributed by atoms with E-state index in [1.165, 1.54) is 0 Å². The molecule has 0 aliphatic heterocycles. The molecular weight excluding hydrogens is 334 g/mol. The third kappa shape index (κ3) is 2.48. The number of nitrogens with zero attached hydrogens (tertiary/aromatic N) is 2. The molecule has 126 valence electrons. The minimum Gasteiger partial charge on any atom is -0.399 e. The number of alkyl halides is 3. The van der Waals surface area contributed by atoms with Crippen LogP contribution in [0, 0.1) is 5.82 Å². The van der Waals surface area contributed by atoms with E-state index in [0.717, 1.165) is 17.6 Å². The van der Waals surface area contributed by atoms with E-state index < -0.39 is 17.6 Å². The van der Waals surface area contributed by atoms with Gasteiger partial charge in [-0.25, -0.2) is 9.37 Å². The largest absolute Gasteiger partial charge is 0.416 e. The molecule has 0 spiro atoms. The lowest BCUT2D eigenvalue weighted by Crippen LogP contribution is -2.06. The molecule has 0 atom stereocenters. The number of aromatic nitrogens is 2. The first kappa shape index (κ1) is 15.4. The van der Waals surface area contributed by atoms with Crippen molar-refractivity contribution in [2.24, 2.45) is 0 Å². The van der Waals surface area contributed by atoms with Gasteiger partial charge >= 0.3 is 6.18 Å². The van der Waals surface area contributed by atoms with E-state index in [2.05, 4.69) is 4.98 Å². The topological polar surface area (TPSA) is 43.3 Å². The summed E-state index contributed by atoms with van der Waals surface area (Å²) in [5.41, 5.74) is 7.38. The first-order valence-electron chi connectivity index (χ1n) is 7.38. The summed E-state index contributed by atoms with van der Waals surface area (Å²) in [7, 11) is 0. The fourth-order valence-electron chi connectivity index (χ4n) is 2.88. The Hall–Kier alpha value is -3.09. The van der Waals surface area contributed by atoms with Crippen LogP contribution in [0.1, 0.15) is 5.56 Å². The molecule has 0 aliphatic carbocycles. The Kier molecular flexibility index (Phi) is 3.21. The summed E-state index contributed by atoms with van der Waals surface area (Å²) in [4.78, 5) is 4.44. The Labute approximate surface area is 139 Å². The molecule has 2 aromatic carbocycles. The Morgan fingerprint density at radius 2 is 1.76 bits per heavy atom. The molecule has 2 heterocycles. The second-order valence-electron chi connectivity index (χ2n) is 5.66. The molecule has 4 aromatic rings. The quantitative estimate of drug-likeness (QED) is 0.394. The van der Waals surface area contributed by atoms with E-state index in [9.17, 15) is 17.6 Å². The predicted octanol–water partition coefficient (Wildman–Crippen LogP) is 4.89. The lowest BCUT2D eigenvalue weighted by molar-refractivity contribution is -0.137. The fraction of sp³-hybridized carbons (Fsp3) is 0.0556. The zero-order valence-corrected chi connectivity index (χ0v) is 12.7. The molecule has 3 nitrogen and oxygen atoms in total. The molecule has 0 amide bonds. The summed E-state index contributed by atoms with van der Waals surface area (Å²) >= 11 is 0. The maximum Gasteiger partial charge on any atom is 0.416 e. The number of hydrogen-bond donors (Lipinski definition) is 1. The Morgan fingerprint density at radius 3 is 2.48 bits per heavy atom. The first-order valence-corrected chi connectivity index (χ1v) is 7.38. The van der Waals surface area contributed by atoms with Crippen LogP contribution < -0.4 is 5.73 Å². The zero-order chi connectivity index (χ0) is 17.8. The summed E-state index contributed by atoms with van der Waals surface area (Å²) in [6.45, 7) is 0. The van der Waals surface area contributed by atoms with Gasteiger partial charge in [0.2, 0.25) is 0 Å². The van der Waals surface area contributed by atoms with Gasteiger partial charge in [-0.1, -0.05) is 0 Å². The highest BCUT2D eigenvalue weighted by Crippen LogP contribution is 2.34. The number of halogens is 4. The van der Waals surface area contributed by atoms with Gasteiger partial charge in [0, 0.05) is 17.4 Å². The molecule has 2 N–H and O–H groups in total. The Balaban J connectivity index is 2.01. The molecule has 0 unspecified atom stereocenters. The first-order chi connectivity index (χ1) is 11.8. The van der Waals surface area contributed by atoms with Gasteiger partial charge in [0.15, 0.2) is 0 Å². The summed E-state index contributed by atoms with van der Waals surface area (Å²) in [6, 6.07) is 11.1. The highest BCUT2D eigenvalue weighted by Gasteiger charge is 2.31. The Bertz CT molecular complexity index is 1110. The minimum atomic E-state index is -4.60. The average Bonchev–Trinajstić information content (AvgIpc) is 3.02. The summed E-state index contributed by atoms with van der Waals surface area (Å²) in [5, 5.41) is 0. The van der Waals surface area contributed by atoms with Gasteiger partial charge in [0.25, 0.3) is 0 Å². The predicted molar refractivity (Wildman–Crippen MR) is 87.5 cm³/mol. The van der Waals surface area contributed by atoms with Gasteiger partial charge in [-0.05, 0) is 48.5 Å².